The van der Waals surface area contributed by atoms with E-state index in [9.17, 15) is 9.50 Å². The molecule has 0 fully saturated rings. The summed E-state index contributed by atoms with van der Waals surface area (Å²) in [5.41, 5.74) is 4.55. The highest BCUT2D eigenvalue weighted by Crippen LogP contribution is 2.40. The topological polar surface area (TPSA) is 75.2 Å². The molecule has 1 atom stereocenters. The number of rotatable bonds is 6. The maximum atomic E-state index is 13.6. The Bertz CT molecular complexity index is 828. The zero-order chi connectivity index (χ0) is 18.7. The summed E-state index contributed by atoms with van der Waals surface area (Å²) in [5, 5.41) is 15.1. The van der Waals surface area contributed by atoms with Crippen molar-refractivity contribution in [1.29, 1.82) is 0 Å². The van der Waals surface area contributed by atoms with Crippen molar-refractivity contribution in [3.63, 3.8) is 0 Å². The Morgan fingerprint density at radius 1 is 1.08 bits per heavy atom. The normalized spacial score (nSPS) is 15.5. The Kier molecular flexibility index (Phi) is 4.92. The molecule has 0 amide bonds. The zero-order valence-electron chi connectivity index (χ0n) is 14.6. The van der Waals surface area contributed by atoms with E-state index in [2.05, 4.69) is 10.7 Å². The van der Waals surface area contributed by atoms with Gasteiger partial charge in [-0.25, -0.2) is 4.39 Å². The third-order valence-electron chi connectivity index (χ3n) is 3.97. The molecule has 1 aliphatic heterocycles. The average Bonchev–Trinajstić information content (AvgIpc) is 3.10. The molecule has 2 aromatic carbocycles. The lowest BCUT2D eigenvalue weighted by Gasteiger charge is -2.28. The highest BCUT2D eigenvalue weighted by atomic mass is 19.1. The van der Waals surface area contributed by atoms with Crippen LogP contribution in [0.3, 0.4) is 0 Å². The molecule has 1 unspecified atom stereocenters. The van der Waals surface area contributed by atoms with E-state index in [-0.39, 0.29) is 23.4 Å². The number of hydrogen-bond donors (Lipinski definition) is 3. The van der Waals surface area contributed by atoms with Gasteiger partial charge in [0.1, 0.15) is 6.17 Å². The van der Waals surface area contributed by atoms with Crippen LogP contribution in [0.2, 0.25) is 0 Å². The van der Waals surface area contributed by atoms with E-state index in [1.165, 1.54) is 27.4 Å². The first-order chi connectivity index (χ1) is 12.6. The minimum Gasteiger partial charge on any atom is -0.504 e. The number of halogens is 1. The number of benzene rings is 2. The molecule has 7 nitrogen and oxygen atoms in total. The van der Waals surface area contributed by atoms with Gasteiger partial charge in [0.05, 0.1) is 27.0 Å². The van der Waals surface area contributed by atoms with Crippen LogP contribution in [0.4, 0.5) is 10.1 Å². The fourth-order valence-electron chi connectivity index (χ4n) is 2.74. The number of nitrogens with zero attached hydrogens (tertiary/aromatic N) is 1. The molecule has 2 aromatic rings. The van der Waals surface area contributed by atoms with E-state index in [1.54, 1.807) is 41.7 Å². The van der Waals surface area contributed by atoms with Crippen molar-refractivity contribution in [2.24, 2.45) is 0 Å². The maximum absolute atomic E-state index is 13.6. The van der Waals surface area contributed by atoms with Crippen molar-refractivity contribution in [3.8, 4) is 23.0 Å². The number of hydrogen-bond acceptors (Lipinski definition) is 7. The fraction of sp³-hybridized carbons (Fsp3) is 0.222. The molecule has 1 heterocycles. The van der Waals surface area contributed by atoms with Gasteiger partial charge in [-0.3, -0.25) is 10.4 Å². The van der Waals surface area contributed by atoms with Crippen molar-refractivity contribution < 1.29 is 23.7 Å². The van der Waals surface area contributed by atoms with E-state index >= 15 is 0 Å². The molecule has 138 valence electrons. The Morgan fingerprint density at radius 3 is 2.54 bits per heavy atom. The first kappa shape index (κ1) is 17.5. The predicted octanol–water partition coefficient (Wildman–Crippen LogP) is 2.96. The van der Waals surface area contributed by atoms with Gasteiger partial charge in [-0.05, 0) is 24.3 Å². The van der Waals surface area contributed by atoms with Crippen LogP contribution < -0.4 is 25.0 Å². The lowest BCUT2D eigenvalue weighted by Crippen LogP contribution is -2.31. The van der Waals surface area contributed by atoms with Gasteiger partial charge < -0.3 is 24.6 Å². The molecule has 0 radical (unpaired) electrons. The van der Waals surface area contributed by atoms with E-state index in [4.69, 9.17) is 14.2 Å². The van der Waals surface area contributed by atoms with E-state index in [0.29, 0.717) is 11.4 Å². The molecular formula is C18H20FN3O4. The predicted molar refractivity (Wildman–Crippen MR) is 94.6 cm³/mol. The molecule has 8 heteroatoms. The molecule has 0 saturated carbocycles. The van der Waals surface area contributed by atoms with Gasteiger partial charge in [0.2, 0.25) is 5.75 Å². The number of ether oxygens (including phenoxy) is 3. The highest BCUT2D eigenvalue weighted by molar-refractivity contribution is 5.54. The second-order valence-corrected chi connectivity index (χ2v) is 5.53. The summed E-state index contributed by atoms with van der Waals surface area (Å²) in [6.45, 7) is 0. The molecular weight excluding hydrogens is 341 g/mol. The highest BCUT2D eigenvalue weighted by Gasteiger charge is 2.24. The minimum absolute atomic E-state index is 0.0287. The summed E-state index contributed by atoms with van der Waals surface area (Å²) in [6, 6.07) is 7.85. The summed E-state index contributed by atoms with van der Waals surface area (Å²) in [4.78, 5) is 0. The summed E-state index contributed by atoms with van der Waals surface area (Å²) in [7, 11) is 4.37. The van der Waals surface area contributed by atoms with Crippen LogP contribution in [0, 0.1) is 5.82 Å². The number of phenolic OH excluding ortho intramolecular Hbond substituents is 1. The first-order valence-electron chi connectivity index (χ1n) is 7.83. The lowest BCUT2D eigenvalue weighted by molar-refractivity contribution is 0.317. The van der Waals surface area contributed by atoms with Crippen molar-refractivity contribution in [1.82, 2.24) is 10.3 Å². The van der Waals surface area contributed by atoms with Crippen LogP contribution in [0.25, 0.3) is 0 Å². The van der Waals surface area contributed by atoms with Gasteiger partial charge in [0.25, 0.3) is 0 Å². The molecule has 0 bridgehead atoms. The van der Waals surface area contributed by atoms with E-state index < -0.39 is 5.82 Å². The monoisotopic (exact) mass is 361 g/mol. The number of hydrazine groups is 1. The van der Waals surface area contributed by atoms with Crippen molar-refractivity contribution in [3.05, 3.63) is 54.1 Å². The quantitative estimate of drug-likeness (QED) is 0.730. The third-order valence-corrected chi connectivity index (χ3v) is 3.97. The molecule has 3 rings (SSSR count). The summed E-state index contributed by atoms with van der Waals surface area (Å²) in [5.74, 6) is 0.365. The first-order valence-corrected chi connectivity index (χ1v) is 7.83. The summed E-state index contributed by atoms with van der Waals surface area (Å²) in [6.07, 6.45) is 3.22. The van der Waals surface area contributed by atoms with Gasteiger partial charge in [-0.1, -0.05) is 0 Å². The van der Waals surface area contributed by atoms with Gasteiger partial charge in [0.15, 0.2) is 23.1 Å². The maximum Gasteiger partial charge on any atom is 0.203 e. The summed E-state index contributed by atoms with van der Waals surface area (Å²) >= 11 is 0. The third kappa shape index (κ3) is 3.26. The molecule has 0 saturated heterocycles. The lowest BCUT2D eigenvalue weighted by atomic mass is 10.1. The standard InChI is InChI=1S/C18H20FN3O4/c1-24-15-10-12(4-5-13(15)19)21-22-7-6-20-18(22)11-8-14(23)17(26-3)16(9-11)25-2/h4-10,18,20-21,23H,1-3H3. The van der Waals surface area contributed by atoms with Gasteiger partial charge in [-0.2, -0.15) is 0 Å². The van der Waals surface area contributed by atoms with Crippen LogP contribution in [0.1, 0.15) is 11.7 Å². The van der Waals surface area contributed by atoms with Crippen LogP contribution in [0.15, 0.2) is 42.7 Å². The minimum atomic E-state index is -0.436. The molecule has 1 aliphatic rings. The van der Waals surface area contributed by atoms with Crippen LogP contribution in [-0.4, -0.2) is 31.4 Å². The van der Waals surface area contributed by atoms with Crippen LogP contribution in [0.5, 0.6) is 23.0 Å². The number of anilines is 1. The van der Waals surface area contributed by atoms with Gasteiger partial charge >= 0.3 is 0 Å². The SMILES string of the molecule is COc1cc(NN2C=CNC2c2cc(O)c(OC)c(OC)c2)ccc1F. The Balaban J connectivity index is 1.86. The Hall–Kier alpha value is -3.29. The largest absolute Gasteiger partial charge is 0.504 e. The molecule has 0 aromatic heterocycles. The smallest absolute Gasteiger partial charge is 0.203 e. The number of methoxy groups -OCH3 is 3. The van der Waals surface area contributed by atoms with Gasteiger partial charge in [-0.15, -0.1) is 0 Å². The zero-order valence-corrected chi connectivity index (χ0v) is 14.6. The van der Waals surface area contributed by atoms with E-state index in [0.717, 1.165) is 5.56 Å². The molecule has 0 aliphatic carbocycles. The number of nitrogens with one attached hydrogen (secondary N) is 2. The average molecular weight is 361 g/mol. The van der Waals surface area contributed by atoms with Crippen molar-refractivity contribution in [2.75, 3.05) is 26.8 Å². The fourth-order valence-corrected chi connectivity index (χ4v) is 2.74. The van der Waals surface area contributed by atoms with Crippen LogP contribution in [-0.2, 0) is 0 Å². The second kappa shape index (κ2) is 7.30. The second-order valence-electron chi connectivity index (χ2n) is 5.53. The molecule has 26 heavy (non-hydrogen) atoms. The molecule has 3 N–H and O–H groups in total. The molecule has 0 spiro atoms. The summed E-state index contributed by atoms with van der Waals surface area (Å²) < 4.78 is 29.0. The van der Waals surface area contributed by atoms with Gasteiger partial charge in [0, 0.05) is 24.0 Å². The van der Waals surface area contributed by atoms with Crippen molar-refractivity contribution in [2.45, 2.75) is 6.17 Å². The van der Waals surface area contributed by atoms with E-state index in [1.807, 2.05) is 0 Å². The number of aromatic hydroxyl groups is 1. The Morgan fingerprint density at radius 2 is 1.85 bits per heavy atom. The van der Waals surface area contributed by atoms with Crippen molar-refractivity contribution >= 4 is 5.69 Å². The number of phenols is 1. The van der Waals surface area contributed by atoms with Crippen LogP contribution >= 0.6 is 0 Å². The Labute approximate surface area is 150 Å².